The third-order valence-corrected chi connectivity index (χ3v) is 14.3. The van der Waals surface area contributed by atoms with E-state index in [-0.39, 0.29) is 53.5 Å². The molecule has 2 heterocycles. The zero-order chi connectivity index (χ0) is 62.2. The smallest absolute Gasteiger partial charge is 0.251 e. The second-order valence-corrected chi connectivity index (χ2v) is 21.3. The Morgan fingerprint density at radius 1 is 0.465 bits per heavy atom. The first-order valence-electron chi connectivity index (χ1n) is 28.0. The van der Waals surface area contributed by atoms with E-state index < -0.39 is 11.9 Å². The lowest BCUT2D eigenvalue weighted by molar-refractivity contribution is -0.256. The zero-order valence-corrected chi connectivity index (χ0v) is 49.7. The van der Waals surface area contributed by atoms with Gasteiger partial charge in [-0.1, -0.05) is 12.1 Å². The van der Waals surface area contributed by atoms with E-state index in [1.54, 1.807) is 18.2 Å². The largest absolute Gasteiger partial charge is 0.545 e. The highest BCUT2D eigenvalue weighted by Gasteiger charge is 2.24. The number of anilines is 2. The Hall–Kier alpha value is -9.48. The number of rotatable bonds is 24. The molecule has 0 fully saturated rings. The lowest BCUT2D eigenvalue weighted by Gasteiger charge is -2.20. The summed E-state index contributed by atoms with van der Waals surface area (Å²) in [5.41, 5.74) is 7.03. The fourth-order valence-corrected chi connectivity index (χ4v) is 9.74. The van der Waals surface area contributed by atoms with Crippen LogP contribution in [-0.4, -0.2) is 131 Å². The van der Waals surface area contributed by atoms with Crippen LogP contribution in [0.15, 0.2) is 118 Å². The van der Waals surface area contributed by atoms with Gasteiger partial charge in [-0.25, -0.2) is 20.9 Å². The van der Waals surface area contributed by atoms with Gasteiger partial charge in [0.25, 0.3) is 11.8 Å². The van der Waals surface area contributed by atoms with Crippen LogP contribution in [0, 0.1) is 0 Å². The van der Waals surface area contributed by atoms with Gasteiger partial charge in [-0.3, -0.25) is 28.9 Å². The Morgan fingerprint density at radius 3 is 1.29 bits per heavy atom. The predicted octanol–water partition coefficient (Wildman–Crippen LogP) is 3.15. The Bertz CT molecular complexity index is 3880. The molecule has 4 aromatic rings. The number of nitrogens with two attached hydrogens (primary N) is 2. The maximum absolute atomic E-state index is 13.1. The highest BCUT2D eigenvalue weighted by molar-refractivity contribution is 6.11. The monoisotopic (exact) mass is 1170 g/mol. The van der Waals surface area contributed by atoms with Crippen molar-refractivity contribution in [3.05, 3.63) is 142 Å². The normalized spacial score (nSPS) is 11.0. The molecule has 0 radical (unpaired) electrons. The summed E-state index contributed by atoms with van der Waals surface area (Å²) in [5, 5.41) is 39.2. The van der Waals surface area contributed by atoms with E-state index in [4.69, 9.17) is 20.6 Å². The molecule has 86 heavy (non-hydrogen) atoms. The number of hydrogen-bond acceptors (Lipinski definition) is 16. The van der Waals surface area contributed by atoms with Gasteiger partial charge in [0.2, 0.25) is 22.5 Å². The SMILES string of the molecule is CN(C)c1ccc2c(-c3cc(C(=O)NCCCCCNC(=O)CON)ccc3C(=O)[O-])c3ccc(=[N+](C)C)cc-3oc2c1.CN(C)c1ccc2c(-c3ccc(C(=O)NCCCCCNC(=O)CON)cc3C(=O)[O-])c3ccc(=[N+](C)C)cc-3oc2c1. The number of carbonyl (C=O) groups excluding carboxylic acids is 6. The van der Waals surface area contributed by atoms with Crippen LogP contribution in [0.4, 0.5) is 11.4 Å². The van der Waals surface area contributed by atoms with Crippen LogP contribution in [0.3, 0.4) is 0 Å². The molecule has 0 aromatic heterocycles. The van der Waals surface area contributed by atoms with Gasteiger partial charge in [0.05, 0.1) is 24.1 Å². The first kappa shape index (κ1) is 64.1. The minimum absolute atomic E-state index is 0.0270. The summed E-state index contributed by atoms with van der Waals surface area (Å²) >= 11 is 0. The maximum Gasteiger partial charge on any atom is 0.251 e. The molecule has 0 spiro atoms. The van der Waals surface area contributed by atoms with E-state index in [1.165, 1.54) is 18.2 Å². The van der Waals surface area contributed by atoms with Crippen LogP contribution in [0.1, 0.15) is 80.0 Å². The predicted molar refractivity (Wildman–Crippen MR) is 327 cm³/mol. The van der Waals surface area contributed by atoms with Gasteiger partial charge in [0.15, 0.2) is 0 Å². The van der Waals surface area contributed by atoms with Crippen LogP contribution in [0.2, 0.25) is 0 Å². The molecular formula is C64H74N10O12. The fraction of sp³-hybridized carbons (Fsp3) is 0.312. The van der Waals surface area contributed by atoms with Crippen LogP contribution in [0.5, 0.6) is 0 Å². The van der Waals surface area contributed by atoms with Crippen LogP contribution >= 0.6 is 0 Å². The van der Waals surface area contributed by atoms with E-state index in [0.717, 1.165) is 58.7 Å². The molecule has 0 saturated heterocycles. The Balaban J connectivity index is 0.000000246. The van der Waals surface area contributed by atoms with Gasteiger partial charge >= 0.3 is 0 Å². The minimum atomic E-state index is -1.39. The minimum Gasteiger partial charge on any atom is -0.545 e. The fourth-order valence-electron chi connectivity index (χ4n) is 9.74. The third-order valence-electron chi connectivity index (χ3n) is 14.3. The number of nitrogens with zero attached hydrogens (tertiary/aromatic N) is 4. The zero-order valence-electron chi connectivity index (χ0n) is 49.7. The number of amides is 4. The standard InChI is InChI=1S/2C32H37N5O6/c1-36(2)21-9-12-24-27(17-21)43-28-18-22(37(3)4)10-13-25(28)30(24)26-16-20(8-11-23(26)32(40)41)31(39)35-15-7-5-6-14-34-29(38)19-42-33;1-36(2)21-9-12-24-27(17-21)43-28-18-22(37(3)4)10-13-25(28)30(24)23-11-8-20(16-26(23)32(40)41)31(39)35-15-7-5-6-14-34-29(38)19-42-33/h2*8-13,16-18H,5-7,14-15,19,33H2,1-4H3,(H2-,34,35,38,39,40,41). The van der Waals surface area contributed by atoms with Crippen molar-refractivity contribution in [3.63, 3.8) is 0 Å². The summed E-state index contributed by atoms with van der Waals surface area (Å²) in [6.45, 7) is 1.42. The number of carboxylic acids is 2. The highest BCUT2D eigenvalue weighted by Crippen LogP contribution is 2.44. The molecule has 22 heteroatoms. The van der Waals surface area contributed by atoms with E-state index in [0.29, 0.717) is 100 Å². The molecular weight excluding hydrogens is 1100 g/mol. The lowest BCUT2D eigenvalue weighted by atomic mass is 9.89. The van der Waals surface area contributed by atoms with Gasteiger partial charge in [0, 0.05) is 145 Å². The van der Waals surface area contributed by atoms with Crippen molar-refractivity contribution in [3.8, 4) is 44.9 Å². The number of aromatic carboxylic acids is 2. The second-order valence-electron chi connectivity index (χ2n) is 21.3. The van der Waals surface area contributed by atoms with Crippen molar-refractivity contribution in [1.29, 1.82) is 0 Å². The van der Waals surface area contributed by atoms with E-state index in [2.05, 4.69) is 30.9 Å². The first-order valence-corrected chi connectivity index (χ1v) is 28.0. The number of hydrogen-bond donors (Lipinski definition) is 6. The maximum atomic E-state index is 13.1. The van der Waals surface area contributed by atoms with Crippen molar-refractivity contribution in [2.24, 2.45) is 11.8 Å². The van der Waals surface area contributed by atoms with Gasteiger partial charge < -0.3 is 59.7 Å². The van der Waals surface area contributed by atoms with Crippen molar-refractivity contribution in [2.75, 3.05) is 106 Å². The highest BCUT2D eigenvalue weighted by atomic mass is 16.6. The molecule has 4 amide bonds. The molecule has 4 aromatic carbocycles. The molecule has 0 atom stereocenters. The molecule has 8 rings (SSSR count). The van der Waals surface area contributed by atoms with E-state index in [9.17, 15) is 39.0 Å². The average Bonchev–Trinajstić information content (AvgIpc) is 1.17. The summed E-state index contributed by atoms with van der Waals surface area (Å²) in [4.78, 5) is 86.0. The number of benzene rings is 6. The molecule has 2 aliphatic carbocycles. The summed E-state index contributed by atoms with van der Waals surface area (Å²) in [7, 11) is 15.5. The summed E-state index contributed by atoms with van der Waals surface area (Å²) in [6.07, 6.45) is 4.42. The number of fused-ring (bicyclic) bond motifs is 4. The average molecular weight is 1180 g/mol. The van der Waals surface area contributed by atoms with Crippen molar-refractivity contribution >= 4 is 68.9 Å². The molecule has 0 bridgehead atoms. The van der Waals surface area contributed by atoms with Gasteiger partial charge in [-0.05, 0) is 110 Å². The van der Waals surface area contributed by atoms with E-state index >= 15 is 0 Å². The second kappa shape index (κ2) is 29.9. The van der Waals surface area contributed by atoms with Crippen LogP contribution < -0.4 is 72.9 Å². The number of carboxylic acid groups (broad SMARTS) is 2. The van der Waals surface area contributed by atoms with Gasteiger partial charge in [-0.15, -0.1) is 0 Å². The molecule has 0 unspecified atom stereocenters. The van der Waals surface area contributed by atoms with Crippen molar-refractivity contribution < 1.29 is 57.5 Å². The topological polar surface area (TPSA) is 306 Å². The first-order chi connectivity index (χ1) is 41.2. The van der Waals surface area contributed by atoms with E-state index in [1.807, 2.05) is 148 Å². The molecule has 2 aliphatic heterocycles. The molecule has 22 nitrogen and oxygen atoms in total. The Kier molecular flexibility index (Phi) is 22.2. The van der Waals surface area contributed by atoms with Crippen LogP contribution in [0.25, 0.3) is 66.8 Å². The molecule has 8 N–H and O–H groups in total. The molecule has 452 valence electrons. The third kappa shape index (κ3) is 16.0. The summed E-state index contributed by atoms with van der Waals surface area (Å²) in [5.74, 6) is 6.93. The van der Waals surface area contributed by atoms with Gasteiger partial charge in [-0.2, -0.15) is 0 Å². The van der Waals surface area contributed by atoms with Crippen LogP contribution in [-0.2, 0) is 19.3 Å². The Labute approximate surface area is 497 Å². The Morgan fingerprint density at radius 2 is 0.872 bits per heavy atom. The summed E-state index contributed by atoms with van der Waals surface area (Å²) < 4.78 is 16.6. The summed E-state index contributed by atoms with van der Waals surface area (Å²) in [6, 6.07) is 32.2. The molecule has 4 aliphatic rings. The number of unbranched alkanes of at least 4 members (excludes halogenated alkanes) is 4. The van der Waals surface area contributed by atoms with Gasteiger partial charge in [0.1, 0.15) is 64.1 Å². The number of carbonyl (C=O) groups is 6. The quantitative estimate of drug-likeness (QED) is 0.0219. The van der Waals surface area contributed by atoms with Crippen molar-refractivity contribution in [1.82, 2.24) is 30.4 Å². The lowest BCUT2D eigenvalue weighted by Crippen LogP contribution is -2.29. The molecule has 0 saturated carbocycles. The number of nitrogens with one attached hydrogen (secondary N) is 4. The van der Waals surface area contributed by atoms with Crippen molar-refractivity contribution in [2.45, 2.75) is 38.5 Å².